The quantitative estimate of drug-likeness (QED) is 0.431. The van der Waals surface area contributed by atoms with Crippen LogP contribution in [-0.4, -0.2) is 47.0 Å². The average molecular weight is 514 g/mol. The molecule has 2 N–H and O–H groups in total. The number of hydrogen-bond acceptors (Lipinski definition) is 7. The molecule has 3 aromatic rings. The predicted octanol–water partition coefficient (Wildman–Crippen LogP) is 5.19. The van der Waals surface area contributed by atoms with Crippen molar-refractivity contribution in [1.82, 2.24) is 20.2 Å². The number of likely N-dealkylation sites (tertiary alicyclic amines) is 1. The molecule has 7 nitrogen and oxygen atoms in total. The summed E-state index contributed by atoms with van der Waals surface area (Å²) in [7, 11) is 0. The van der Waals surface area contributed by atoms with E-state index in [2.05, 4.69) is 25.5 Å². The lowest BCUT2D eigenvalue weighted by atomic mass is 10.2. The highest BCUT2D eigenvalue weighted by molar-refractivity contribution is 7.13. The van der Waals surface area contributed by atoms with E-state index in [1.54, 1.807) is 18.3 Å². The molecule has 1 aromatic carbocycles. The topological polar surface area (TPSA) is 79.4 Å². The number of benzene rings is 1. The Morgan fingerprint density at radius 3 is 2.73 bits per heavy atom. The largest absolute Gasteiger partial charge is 0.454 e. The lowest BCUT2D eigenvalue weighted by molar-refractivity contribution is 0.0949. The number of nitrogens with zero attached hydrogens (tertiary/aromatic N) is 3. The van der Waals surface area contributed by atoms with Gasteiger partial charge in [-0.25, -0.2) is 14.4 Å². The maximum atomic E-state index is 14.3. The standard InChI is InChI=1S/C22H24FN5O2S.2ClH/c1-15-14-31-22(26-15)27-20-13-17(6-7-24-20)30-19-12-16(4-5-18(19)23)21(29)25-8-11-28-9-2-3-10-28;;/h4-7,12-14H,2-3,8-11H2,1H3,(H,25,29)(H,24,26,27);2*1H. The van der Waals surface area contributed by atoms with Crippen LogP contribution in [0.4, 0.5) is 15.3 Å². The molecule has 0 bridgehead atoms. The third kappa shape index (κ3) is 7.53. The monoisotopic (exact) mass is 513 g/mol. The summed E-state index contributed by atoms with van der Waals surface area (Å²) >= 11 is 1.47. The van der Waals surface area contributed by atoms with Crippen LogP contribution in [0.3, 0.4) is 0 Å². The Bertz CT molecular complexity index is 1060. The van der Waals surface area contributed by atoms with Crippen molar-refractivity contribution in [3.8, 4) is 11.5 Å². The van der Waals surface area contributed by atoms with Crippen LogP contribution in [0.2, 0.25) is 0 Å². The molecule has 0 atom stereocenters. The number of rotatable bonds is 8. The molecule has 0 spiro atoms. The van der Waals surface area contributed by atoms with E-state index in [1.165, 1.54) is 42.4 Å². The first-order valence-electron chi connectivity index (χ1n) is 10.2. The van der Waals surface area contributed by atoms with Crippen molar-refractivity contribution in [3.05, 3.63) is 59.0 Å². The number of carbonyl (C=O) groups is 1. The fraction of sp³-hybridized carbons (Fsp3) is 0.318. The Morgan fingerprint density at radius 1 is 1.21 bits per heavy atom. The summed E-state index contributed by atoms with van der Waals surface area (Å²) in [4.78, 5) is 23.3. The van der Waals surface area contributed by atoms with Gasteiger partial charge in [-0.2, -0.15) is 0 Å². The van der Waals surface area contributed by atoms with Gasteiger partial charge in [0.1, 0.15) is 11.6 Å². The average Bonchev–Trinajstić information content (AvgIpc) is 3.41. The van der Waals surface area contributed by atoms with Crippen LogP contribution in [0, 0.1) is 12.7 Å². The van der Waals surface area contributed by atoms with Gasteiger partial charge in [-0.05, 0) is 57.1 Å². The zero-order chi connectivity index (χ0) is 21.6. The Labute approximate surface area is 208 Å². The number of hydrogen-bond donors (Lipinski definition) is 2. The number of amides is 1. The van der Waals surface area contributed by atoms with Crippen molar-refractivity contribution in [2.24, 2.45) is 0 Å². The van der Waals surface area contributed by atoms with E-state index < -0.39 is 5.82 Å². The number of carbonyl (C=O) groups excluding carboxylic acids is 1. The number of halogens is 3. The van der Waals surface area contributed by atoms with Gasteiger partial charge in [-0.3, -0.25) is 4.79 Å². The summed E-state index contributed by atoms with van der Waals surface area (Å²) < 4.78 is 20.0. The predicted molar refractivity (Wildman–Crippen MR) is 133 cm³/mol. The minimum Gasteiger partial charge on any atom is -0.454 e. The van der Waals surface area contributed by atoms with Crippen LogP contribution < -0.4 is 15.4 Å². The van der Waals surface area contributed by atoms with Gasteiger partial charge >= 0.3 is 0 Å². The van der Waals surface area contributed by atoms with Crippen LogP contribution in [-0.2, 0) is 0 Å². The zero-order valence-electron chi connectivity index (χ0n) is 18.0. The molecule has 1 aliphatic rings. The van der Waals surface area contributed by atoms with Crippen molar-refractivity contribution in [1.29, 1.82) is 0 Å². The van der Waals surface area contributed by atoms with Crippen molar-refractivity contribution in [2.75, 3.05) is 31.5 Å². The maximum Gasteiger partial charge on any atom is 0.251 e. The minimum atomic E-state index is -0.546. The summed E-state index contributed by atoms with van der Waals surface area (Å²) in [6.45, 7) is 5.45. The van der Waals surface area contributed by atoms with Gasteiger partial charge in [0.2, 0.25) is 0 Å². The fourth-order valence-electron chi connectivity index (χ4n) is 3.35. The molecule has 0 saturated carbocycles. The number of anilines is 2. The minimum absolute atomic E-state index is 0. The molecular formula is C22H26Cl2FN5O2S. The number of aromatic nitrogens is 2. The smallest absolute Gasteiger partial charge is 0.251 e. The molecule has 0 aliphatic carbocycles. The van der Waals surface area contributed by atoms with Crippen molar-refractivity contribution < 1.29 is 13.9 Å². The van der Waals surface area contributed by atoms with Crippen molar-refractivity contribution in [3.63, 3.8) is 0 Å². The van der Waals surface area contributed by atoms with Crippen LogP contribution >= 0.6 is 36.2 Å². The van der Waals surface area contributed by atoms with Crippen molar-refractivity contribution in [2.45, 2.75) is 19.8 Å². The molecular weight excluding hydrogens is 488 g/mol. The highest BCUT2D eigenvalue weighted by Gasteiger charge is 2.14. The van der Waals surface area contributed by atoms with E-state index in [0.717, 1.165) is 25.3 Å². The van der Waals surface area contributed by atoms with Crippen LogP contribution in [0.25, 0.3) is 0 Å². The molecule has 1 saturated heterocycles. The Balaban J connectivity index is 0.00000193. The summed E-state index contributed by atoms with van der Waals surface area (Å²) in [5.41, 5.74) is 1.26. The first-order valence-corrected chi connectivity index (χ1v) is 11.1. The van der Waals surface area contributed by atoms with Gasteiger partial charge in [0, 0.05) is 36.3 Å². The van der Waals surface area contributed by atoms with Gasteiger partial charge in [-0.1, -0.05) is 0 Å². The second-order valence-corrected chi connectivity index (χ2v) is 8.21. The van der Waals surface area contributed by atoms with Gasteiger partial charge in [0.25, 0.3) is 5.91 Å². The molecule has 33 heavy (non-hydrogen) atoms. The summed E-state index contributed by atoms with van der Waals surface area (Å²) in [5, 5.41) is 8.63. The number of aryl methyl sites for hydroxylation is 1. The van der Waals surface area contributed by atoms with E-state index in [4.69, 9.17) is 4.74 Å². The number of ether oxygens (including phenoxy) is 1. The van der Waals surface area contributed by atoms with Crippen LogP contribution in [0.1, 0.15) is 28.9 Å². The third-order valence-electron chi connectivity index (χ3n) is 4.92. The Hall–Kier alpha value is -2.46. The van der Waals surface area contributed by atoms with Gasteiger partial charge in [0.15, 0.2) is 16.7 Å². The second kappa shape index (κ2) is 12.7. The van der Waals surface area contributed by atoms with Gasteiger partial charge < -0.3 is 20.3 Å². The van der Waals surface area contributed by atoms with Crippen LogP contribution in [0.5, 0.6) is 11.5 Å². The summed E-state index contributed by atoms with van der Waals surface area (Å²) in [6, 6.07) is 7.39. The highest BCUT2D eigenvalue weighted by Crippen LogP contribution is 2.28. The molecule has 3 heterocycles. The summed E-state index contributed by atoms with van der Waals surface area (Å²) in [5.74, 6) is 0.115. The van der Waals surface area contributed by atoms with Gasteiger partial charge in [-0.15, -0.1) is 36.2 Å². The van der Waals surface area contributed by atoms with Crippen LogP contribution in [0.15, 0.2) is 41.9 Å². The summed E-state index contributed by atoms with van der Waals surface area (Å²) in [6.07, 6.45) is 3.98. The lowest BCUT2D eigenvalue weighted by Crippen LogP contribution is -2.33. The first kappa shape index (κ1) is 26.8. The number of nitrogens with one attached hydrogen (secondary N) is 2. The van der Waals surface area contributed by atoms with E-state index in [-0.39, 0.29) is 36.5 Å². The van der Waals surface area contributed by atoms with Crippen molar-refractivity contribution >= 4 is 53.0 Å². The molecule has 4 rings (SSSR count). The fourth-order valence-corrected chi connectivity index (χ4v) is 4.04. The molecule has 0 unspecified atom stereocenters. The maximum absolute atomic E-state index is 14.3. The van der Waals surface area contributed by atoms with E-state index in [1.807, 2.05) is 12.3 Å². The third-order valence-corrected chi connectivity index (χ3v) is 5.79. The van der Waals surface area contributed by atoms with Gasteiger partial charge in [0.05, 0.1) is 5.69 Å². The lowest BCUT2D eigenvalue weighted by Gasteiger charge is -2.15. The molecule has 1 aliphatic heterocycles. The first-order chi connectivity index (χ1) is 15.1. The molecule has 11 heteroatoms. The van der Waals surface area contributed by atoms with E-state index >= 15 is 0 Å². The molecule has 0 radical (unpaired) electrons. The molecule has 178 valence electrons. The van der Waals surface area contributed by atoms with E-state index in [9.17, 15) is 9.18 Å². The highest BCUT2D eigenvalue weighted by atomic mass is 35.5. The zero-order valence-corrected chi connectivity index (χ0v) is 20.5. The molecule has 1 fully saturated rings. The Morgan fingerprint density at radius 2 is 2.00 bits per heavy atom. The number of pyridine rings is 1. The SMILES string of the molecule is Cc1csc(Nc2cc(Oc3cc(C(=O)NCCN4CCCC4)ccc3F)ccn2)n1.Cl.Cl. The second-order valence-electron chi connectivity index (χ2n) is 7.35. The number of thiazole rings is 1. The molecule has 2 aromatic heterocycles. The normalized spacial score (nSPS) is 13.0. The molecule has 1 amide bonds. The van der Waals surface area contributed by atoms with E-state index in [0.29, 0.717) is 28.8 Å². The Kier molecular flexibility index (Phi) is 10.3.